The summed E-state index contributed by atoms with van der Waals surface area (Å²) in [7, 11) is 0. The SMILES string of the molecule is CC/C=C\C/C=C\C/C=C\C/C=C\C/C=C\C/C=C\C/C=C\C/C=C\C/C=C\C/C=C\CCCCCCC(=O)OC(CO)COC(=O)CCCCCCCCCCCCCCCCCCCCCCCCCCCCC/C=C\CCCCCCCCCC. The molecule has 0 aliphatic rings. The fraction of sp³-hybridized carbons (Fsp3) is 0.711. The van der Waals surface area contributed by atoms with Gasteiger partial charge >= 0.3 is 11.9 Å². The Hall–Kier alpha value is -3.96. The lowest BCUT2D eigenvalue weighted by molar-refractivity contribution is -0.161. The van der Waals surface area contributed by atoms with Crippen molar-refractivity contribution >= 4 is 11.9 Å². The zero-order chi connectivity index (χ0) is 63.3. The summed E-state index contributed by atoms with van der Waals surface area (Å²) in [6.45, 7) is 4.03. The van der Waals surface area contributed by atoms with Crippen molar-refractivity contribution in [1.29, 1.82) is 0 Å². The Morgan fingerprint density at radius 1 is 0.273 bits per heavy atom. The lowest BCUT2D eigenvalue weighted by Crippen LogP contribution is -2.28. The maximum absolute atomic E-state index is 12.4. The topological polar surface area (TPSA) is 72.8 Å². The molecule has 0 aliphatic heterocycles. The first-order valence-corrected chi connectivity index (χ1v) is 37.7. The summed E-state index contributed by atoms with van der Waals surface area (Å²) >= 11 is 0. The van der Waals surface area contributed by atoms with Gasteiger partial charge in [-0.1, -0.05) is 366 Å². The Bertz CT molecular complexity index is 1770. The lowest BCUT2D eigenvalue weighted by atomic mass is 10.0. The van der Waals surface area contributed by atoms with Crippen molar-refractivity contribution in [1.82, 2.24) is 0 Å². The summed E-state index contributed by atoms with van der Waals surface area (Å²) in [4.78, 5) is 24.7. The molecule has 0 bridgehead atoms. The van der Waals surface area contributed by atoms with E-state index in [1.54, 1.807) is 0 Å². The van der Waals surface area contributed by atoms with Gasteiger partial charge in [0.15, 0.2) is 6.10 Å². The molecular formula is C83H142O5. The van der Waals surface area contributed by atoms with Crippen LogP contribution in [0.5, 0.6) is 0 Å². The molecule has 0 aromatic heterocycles. The van der Waals surface area contributed by atoms with Gasteiger partial charge in [-0.2, -0.15) is 0 Å². The van der Waals surface area contributed by atoms with Crippen molar-refractivity contribution < 1.29 is 24.2 Å². The summed E-state index contributed by atoms with van der Waals surface area (Å²) < 4.78 is 10.7. The van der Waals surface area contributed by atoms with Crippen molar-refractivity contribution in [2.45, 2.75) is 367 Å². The molecule has 5 heteroatoms. The number of carbonyl (C=O) groups is 2. The number of aliphatic hydroxyl groups excluding tert-OH is 1. The summed E-state index contributed by atoms with van der Waals surface area (Å²) in [5.74, 6) is -0.614. The standard InChI is InChI=1S/C83H142O5/c1-3-5-7-9-11-13-15-17-19-21-23-25-27-29-31-33-35-37-39-40-41-42-44-45-47-49-51-53-55-57-59-61-63-65-67-69-71-73-75-77-82(85)87-80-81(79-84)88-83(86)78-76-74-72-70-68-66-64-62-60-58-56-54-52-50-48-46-43-38-36-34-32-30-28-26-24-22-20-18-16-14-12-10-8-6-4-2/h6,8,12,14,18,20-21,23-24,26,30,32,36,38,46,48,52,54,58,60,64,66,81,84H,3-5,7,9-11,13,15-17,19,22,25,27-29,31,33-35,37,39-45,47,49-51,53,55-57,59,61-63,65,67-80H2,1-2H3/b8-6-,14-12-,20-18-,23-21-,26-24-,32-30-,38-36-,48-46-,54-52-,60-58-,66-64-. The van der Waals surface area contributed by atoms with Crippen LogP contribution >= 0.6 is 0 Å². The third kappa shape index (κ3) is 74.5. The number of rotatable bonds is 69. The van der Waals surface area contributed by atoms with Crippen molar-refractivity contribution in [2.75, 3.05) is 13.2 Å². The van der Waals surface area contributed by atoms with Crippen LogP contribution in [0.2, 0.25) is 0 Å². The van der Waals surface area contributed by atoms with Crippen LogP contribution in [-0.4, -0.2) is 36.4 Å². The van der Waals surface area contributed by atoms with Gasteiger partial charge in [0.05, 0.1) is 6.61 Å². The van der Waals surface area contributed by atoms with E-state index in [4.69, 9.17) is 9.47 Å². The van der Waals surface area contributed by atoms with Crippen molar-refractivity contribution in [3.8, 4) is 0 Å². The second-order valence-corrected chi connectivity index (χ2v) is 25.0. The first kappa shape index (κ1) is 84.0. The minimum Gasteiger partial charge on any atom is -0.462 e. The summed E-state index contributed by atoms with van der Waals surface area (Å²) in [6.07, 6.45) is 115. The van der Waals surface area contributed by atoms with Crippen molar-refractivity contribution in [3.63, 3.8) is 0 Å². The van der Waals surface area contributed by atoms with Crippen LogP contribution in [0.3, 0.4) is 0 Å². The maximum atomic E-state index is 12.4. The zero-order valence-electron chi connectivity index (χ0n) is 58.0. The van der Waals surface area contributed by atoms with Gasteiger partial charge in [0.1, 0.15) is 6.61 Å². The monoisotopic (exact) mass is 1220 g/mol. The van der Waals surface area contributed by atoms with Crippen molar-refractivity contribution in [2.24, 2.45) is 0 Å². The quantitative estimate of drug-likeness (QED) is 0.0373. The lowest BCUT2D eigenvalue weighted by Gasteiger charge is -2.15. The van der Waals surface area contributed by atoms with Gasteiger partial charge in [-0.25, -0.2) is 0 Å². The fourth-order valence-electron chi connectivity index (χ4n) is 10.8. The van der Waals surface area contributed by atoms with E-state index in [1.807, 2.05) is 0 Å². The third-order valence-electron chi connectivity index (χ3n) is 16.4. The summed E-state index contributed by atoms with van der Waals surface area (Å²) in [5.41, 5.74) is 0. The predicted octanol–water partition coefficient (Wildman–Crippen LogP) is 26.7. The van der Waals surface area contributed by atoms with Gasteiger partial charge in [0.2, 0.25) is 0 Å². The average molecular weight is 1220 g/mol. The molecular weight excluding hydrogens is 1080 g/mol. The minimum absolute atomic E-state index is 0.0808. The Morgan fingerprint density at radius 2 is 0.489 bits per heavy atom. The third-order valence-corrected chi connectivity index (χ3v) is 16.4. The van der Waals surface area contributed by atoms with Crippen LogP contribution in [0, 0.1) is 0 Å². The highest BCUT2D eigenvalue weighted by Crippen LogP contribution is 2.18. The van der Waals surface area contributed by atoms with Crippen LogP contribution in [0.25, 0.3) is 0 Å². The largest absolute Gasteiger partial charge is 0.462 e. The molecule has 0 radical (unpaired) electrons. The van der Waals surface area contributed by atoms with E-state index in [0.717, 1.165) is 116 Å². The Labute approximate surface area is 546 Å². The molecule has 0 heterocycles. The summed E-state index contributed by atoms with van der Waals surface area (Å²) in [6, 6.07) is 0. The molecule has 1 unspecified atom stereocenters. The molecule has 88 heavy (non-hydrogen) atoms. The first-order valence-electron chi connectivity index (χ1n) is 37.7. The highest BCUT2D eigenvalue weighted by atomic mass is 16.6. The van der Waals surface area contributed by atoms with Crippen LogP contribution in [0.4, 0.5) is 0 Å². The van der Waals surface area contributed by atoms with Crippen LogP contribution in [0.15, 0.2) is 134 Å². The number of esters is 2. The molecule has 0 aromatic carbocycles. The molecule has 0 saturated carbocycles. The van der Waals surface area contributed by atoms with Crippen molar-refractivity contribution in [3.05, 3.63) is 134 Å². The van der Waals surface area contributed by atoms with Crippen LogP contribution in [-0.2, 0) is 19.1 Å². The molecule has 0 fully saturated rings. The van der Waals surface area contributed by atoms with Gasteiger partial charge in [-0.05, 0) is 116 Å². The number of aliphatic hydroxyl groups is 1. The van der Waals surface area contributed by atoms with E-state index < -0.39 is 6.10 Å². The Kier molecular flexibility index (Phi) is 73.8. The number of hydrogen-bond donors (Lipinski definition) is 1. The Balaban J connectivity index is 3.50. The first-order chi connectivity index (χ1) is 43.6. The molecule has 1 N–H and O–H groups in total. The van der Waals surface area contributed by atoms with E-state index in [1.165, 1.54) is 218 Å². The molecule has 504 valence electrons. The minimum atomic E-state index is -0.796. The van der Waals surface area contributed by atoms with Gasteiger partial charge < -0.3 is 14.6 Å². The van der Waals surface area contributed by atoms with E-state index in [0.29, 0.717) is 12.8 Å². The smallest absolute Gasteiger partial charge is 0.306 e. The van der Waals surface area contributed by atoms with Gasteiger partial charge in [-0.15, -0.1) is 0 Å². The number of carbonyl (C=O) groups excluding carboxylic acids is 2. The highest BCUT2D eigenvalue weighted by Gasteiger charge is 2.16. The predicted molar refractivity (Wildman–Crippen MR) is 389 cm³/mol. The van der Waals surface area contributed by atoms with Gasteiger partial charge in [0.25, 0.3) is 0 Å². The highest BCUT2D eigenvalue weighted by molar-refractivity contribution is 5.70. The number of allylic oxidation sites excluding steroid dienone is 22. The van der Waals surface area contributed by atoms with Gasteiger partial charge in [0, 0.05) is 12.8 Å². The van der Waals surface area contributed by atoms with E-state index in [2.05, 4.69) is 148 Å². The van der Waals surface area contributed by atoms with E-state index in [9.17, 15) is 14.7 Å². The average Bonchev–Trinajstić information content (AvgIpc) is 3.54. The number of ether oxygens (including phenoxy) is 2. The second-order valence-electron chi connectivity index (χ2n) is 25.0. The van der Waals surface area contributed by atoms with E-state index >= 15 is 0 Å². The molecule has 0 aliphatic carbocycles. The summed E-state index contributed by atoms with van der Waals surface area (Å²) in [5, 5.41) is 9.71. The normalized spacial score (nSPS) is 13.0. The number of unbranched alkanes of at least 4 members (excludes halogenated alkanes) is 39. The molecule has 0 amide bonds. The molecule has 0 rings (SSSR count). The Morgan fingerprint density at radius 3 is 0.750 bits per heavy atom. The fourth-order valence-corrected chi connectivity index (χ4v) is 10.8. The molecule has 5 nitrogen and oxygen atoms in total. The number of hydrogen-bond acceptors (Lipinski definition) is 5. The van der Waals surface area contributed by atoms with E-state index in [-0.39, 0.29) is 25.2 Å². The maximum Gasteiger partial charge on any atom is 0.306 e. The molecule has 0 aromatic rings. The molecule has 0 saturated heterocycles. The molecule has 0 spiro atoms. The molecule has 1 atom stereocenters. The second kappa shape index (κ2) is 77.3. The van der Waals surface area contributed by atoms with Crippen LogP contribution < -0.4 is 0 Å². The zero-order valence-corrected chi connectivity index (χ0v) is 58.0. The van der Waals surface area contributed by atoms with Crippen LogP contribution in [0.1, 0.15) is 361 Å². The van der Waals surface area contributed by atoms with Gasteiger partial charge in [-0.3, -0.25) is 9.59 Å².